The van der Waals surface area contributed by atoms with Gasteiger partial charge in [0.1, 0.15) is 0 Å². The maximum Gasteiger partial charge on any atom is 0.0537 e. The maximum absolute atomic E-state index is 9.44. The fourth-order valence-corrected chi connectivity index (χ4v) is 4.14. The highest BCUT2D eigenvalue weighted by molar-refractivity contribution is 5.15. The molecule has 1 aromatic rings. The number of hydrogen-bond acceptors (Lipinski definition) is 4. The van der Waals surface area contributed by atoms with Crippen molar-refractivity contribution in [2.45, 2.75) is 57.7 Å². The van der Waals surface area contributed by atoms with E-state index < -0.39 is 0 Å². The van der Waals surface area contributed by atoms with Crippen molar-refractivity contribution in [3.8, 4) is 0 Å². The Bertz CT molecular complexity index is 481. The molecule has 5 nitrogen and oxygen atoms in total. The molecule has 0 radical (unpaired) electrons. The summed E-state index contributed by atoms with van der Waals surface area (Å²) < 4.78 is 1.95. The molecule has 124 valence electrons. The second-order valence-electron chi connectivity index (χ2n) is 6.96. The minimum Gasteiger partial charge on any atom is -0.396 e. The molecule has 0 aromatic carbocycles. The summed E-state index contributed by atoms with van der Waals surface area (Å²) in [4.78, 5) is 5.23. The molecule has 3 rings (SSSR count). The first-order chi connectivity index (χ1) is 10.7. The van der Waals surface area contributed by atoms with Gasteiger partial charge in [-0.15, -0.1) is 0 Å². The van der Waals surface area contributed by atoms with Crippen molar-refractivity contribution in [3.05, 3.63) is 17.5 Å². The predicted molar refractivity (Wildman–Crippen MR) is 87.7 cm³/mol. The molecule has 5 heteroatoms. The molecular formula is C17H30N4O. The Morgan fingerprint density at radius 3 is 2.68 bits per heavy atom. The van der Waals surface area contributed by atoms with E-state index in [9.17, 15) is 5.11 Å². The van der Waals surface area contributed by atoms with Crippen LogP contribution in [0.3, 0.4) is 0 Å². The number of aromatic nitrogens is 2. The van der Waals surface area contributed by atoms with E-state index in [4.69, 9.17) is 0 Å². The minimum absolute atomic E-state index is 0.299. The maximum atomic E-state index is 9.44. The molecule has 2 fully saturated rings. The van der Waals surface area contributed by atoms with Gasteiger partial charge in [0.05, 0.1) is 6.20 Å². The van der Waals surface area contributed by atoms with Crippen molar-refractivity contribution in [3.63, 3.8) is 0 Å². The molecule has 0 spiro atoms. The van der Waals surface area contributed by atoms with Crippen molar-refractivity contribution in [1.82, 2.24) is 19.6 Å². The molecule has 2 aliphatic rings. The summed E-state index contributed by atoms with van der Waals surface area (Å²) in [5, 5.41) is 13.8. The van der Waals surface area contributed by atoms with Gasteiger partial charge in [-0.3, -0.25) is 14.5 Å². The number of rotatable bonds is 5. The lowest BCUT2D eigenvalue weighted by molar-refractivity contribution is 0.0266. The molecule has 1 saturated heterocycles. The summed E-state index contributed by atoms with van der Waals surface area (Å²) in [6, 6.07) is 1.28. The highest BCUT2D eigenvalue weighted by Crippen LogP contribution is 2.28. The van der Waals surface area contributed by atoms with E-state index in [-0.39, 0.29) is 0 Å². The second-order valence-corrected chi connectivity index (χ2v) is 6.96. The summed E-state index contributed by atoms with van der Waals surface area (Å²) in [6.45, 7) is 6.78. The molecule has 1 saturated carbocycles. The van der Waals surface area contributed by atoms with E-state index in [1.54, 1.807) is 0 Å². The van der Waals surface area contributed by atoms with Crippen molar-refractivity contribution in [1.29, 1.82) is 0 Å². The topological polar surface area (TPSA) is 44.5 Å². The highest BCUT2D eigenvalue weighted by Gasteiger charge is 2.33. The summed E-state index contributed by atoms with van der Waals surface area (Å²) in [7, 11) is 2.01. The first kappa shape index (κ1) is 16.0. The number of piperazine rings is 1. The lowest BCUT2D eigenvalue weighted by atomic mass is 10.0. The molecule has 0 unspecified atom stereocenters. The second kappa shape index (κ2) is 7.11. The molecule has 1 aliphatic carbocycles. The highest BCUT2D eigenvalue weighted by atomic mass is 16.3. The monoisotopic (exact) mass is 306 g/mol. The van der Waals surface area contributed by atoms with Gasteiger partial charge >= 0.3 is 0 Å². The van der Waals surface area contributed by atoms with Crippen LogP contribution >= 0.6 is 0 Å². The zero-order valence-electron chi connectivity index (χ0n) is 14.0. The van der Waals surface area contributed by atoms with Gasteiger partial charge in [0, 0.05) is 63.2 Å². The lowest BCUT2D eigenvalue weighted by Gasteiger charge is -2.44. The largest absolute Gasteiger partial charge is 0.396 e. The van der Waals surface area contributed by atoms with Gasteiger partial charge in [0.2, 0.25) is 0 Å². The quantitative estimate of drug-likeness (QED) is 0.896. The molecule has 1 atom stereocenters. The van der Waals surface area contributed by atoms with E-state index in [1.807, 2.05) is 17.9 Å². The number of aliphatic hydroxyl groups is 1. The van der Waals surface area contributed by atoms with Gasteiger partial charge in [-0.05, 0) is 26.2 Å². The predicted octanol–water partition coefficient (Wildman–Crippen LogP) is 1.54. The van der Waals surface area contributed by atoms with E-state index in [2.05, 4.69) is 21.8 Å². The van der Waals surface area contributed by atoms with Crippen LogP contribution in [-0.4, -0.2) is 63.0 Å². The van der Waals surface area contributed by atoms with Crippen LogP contribution in [0.15, 0.2) is 6.20 Å². The molecule has 22 heavy (non-hydrogen) atoms. The van der Waals surface area contributed by atoms with E-state index in [0.717, 1.165) is 38.6 Å². The van der Waals surface area contributed by atoms with Gasteiger partial charge in [0.15, 0.2) is 0 Å². The smallest absolute Gasteiger partial charge is 0.0537 e. The summed E-state index contributed by atoms with van der Waals surface area (Å²) in [6.07, 6.45) is 8.36. The number of nitrogens with zero attached hydrogens (tertiary/aromatic N) is 4. The van der Waals surface area contributed by atoms with Crippen LogP contribution in [0, 0.1) is 6.92 Å². The Hall–Kier alpha value is -0.910. The van der Waals surface area contributed by atoms with Crippen LogP contribution < -0.4 is 0 Å². The lowest BCUT2D eigenvalue weighted by Crippen LogP contribution is -2.56. The van der Waals surface area contributed by atoms with E-state index >= 15 is 0 Å². The SMILES string of the molecule is Cc1c(CN2CCN(C3CCCC3)[C@H](CCO)C2)cnn1C. The average molecular weight is 306 g/mol. The minimum atomic E-state index is 0.299. The third-order valence-corrected chi connectivity index (χ3v) is 5.60. The van der Waals surface area contributed by atoms with Gasteiger partial charge in [-0.25, -0.2) is 0 Å². The number of aliphatic hydroxyl groups excluding tert-OH is 1. The molecular weight excluding hydrogens is 276 g/mol. The Morgan fingerprint density at radius 1 is 1.27 bits per heavy atom. The molecule has 0 amide bonds. The van der Waals surface area contributed by atoms with Crippen molar-refractivity contribution >= 4 is 0 Å². The van der Waals surface area contributed by atoms with Crippen LogP contribution in [-0.2, 0) is 13.6 Å². The summed E-state index contributed by atoms with van der Waals surface area (Å²) >= 11 is 0. The van der Waals surface area contributed by atoms with Crippen molar-refractivity contribution in [2.75, 3.05) is 26.2 Å². The van der Waals surface area contributed by atoms with Crippen LogP contribution in [0.2, 0.25) is 0 Å². The third kappa shape index (κ3) is 3.36. The zero-order chi connectivity index (χ0) is 15.5. The third-order valence-electron chi connectivity index (χ3n) is 5.60. The van der Waals surface area contributed by atoms with Crippen LogP contribution in [0.25, 0.3) is 0 Å². The Morgan fingerprint density at radius 2 is 2.05 bits per heavy atom. The van der Waals surface area contributed by atoms with Crippen molar-refractivity contribution < 1.29 is 5.11 Å². The fraction of sp³-hybridized carbons (Fsp3) is 0.824. The first-order valence-electron chi connectivity index (χ1n) is 8.75. The van der Waals surface area contributed by atoms with E-state index in [1.165, 1.54) is 36.9 Å². The standard InChI is InChI=1S/C17H30N4O/c1-14-15(11-18-19(14)2)12-20-8-9-21(16-5-3-4-6-16)17(13-20)7-10-22/h11,16-17,22H,3-10,12-13H2,1-2H3/t17-/m1/s1. The average Bonchev–Trinajstić information content (AvgIpc) is 3.14. The molecule has 0 bridgehead atoms. The van der Waals surface area contributed by atoms with Gasteiger partial charge < -0.3 is 5.11 Å². The van der Waals surface area contributed by atoms with Crippen LogP contribution in [0.1, 0.15) is 43.4 Å². The fourth-order valence-electron chi connectivity index (χ4n) is 4.14. The Labute approximate surface area is 133 Å². The molecule has 1 aromatic heterocycles. The zero-order valence-corrected chi connectivity index (χ0v) is 14.0. The van der Waals surface area contributed by atoms with Gasteiger partial charge in [-0.2, -0.15) is 5.10 Å². The van der Waals surface area contributed by atoms with Crippen molar-refractivity contribution in [2.24, 2.45) is 7.05 Å². The Balaban J connectivity index is 1.63. The summed E-state index contributed by atoms with van der Waals surface area (Å²) in [5.74, 6) is 0. The molecule has 2 heterocycles. The van der Waals surface area contributed by atoms with Gasteiger partial charge in [0.25, 0.3) is 0 Å². The number of aryl methyl sites for hydroxylation is 1. The Kier molecular flexibility index (Phi) is 5.16. The van der Waals surface area contributed by atoms with Crippen LogP contribution in [0.5, 0.6) is 0 Å². The first-order valence-corrected chi connectivity index (χ1v) is 8.75. The van der Waals surface area contributed by atoms with Gasteiger partial charge in [-0.1, -0.05) is 12.8 Å². The normalized spacial score (nSPS) is 25.1. The summed E-state index contributed by atoms with van der Waals surface area (Å²) in [5.41, 5.74) is 2.59. The molecule has 1 aliphatic heterocycles. The van der Waals surface area contributed by atoms with E-state index in [0.29, 0.717) is 12.6 Å². The van der Waals surface area contributed by atoms with Crippen LogP contribution in [0.4, 0.5) is 0 Å². The number of hydrogen-bond donors (Lipinski definition) is 1. The molecule has 1 N–H and O–H groups in total.